The summed E-state index contributed by atoms with van der Waals surface area (Å²) in [5.41, 5.74) is 0.0903. The van der Waals surface area contributed by atoms with Crippen molar-refractivity contribution >= 4 is 22.6 Å². The van der Waals surface area contributed by atoms with Crippen molar-refractivity contribution in [3.8, 4) is 0 Å². The molecule has 0 aliphatic carbocycles. The molecule has 4 heteroatoms. The van der Waals surface area contributed by atoms with E-state index in [0.29, 0.717) is 0 Å². The summed E-state index contributed by atoms with van der Waals surface area (Å²) in [6.45, 7) is 4.43. The summed E-state index contributed by atoms with van der Waals surface area (Å²) < 4.78 is 17.7. The van der Waals surface area contributed by atoms with E-state index >= 15 is 0 Å². The van der Waals surface area contributed by atoms with E-state index in [4.69, 9.17) is 14.2 Å². The average Bonchev–Trinajstić information content (AvgIpc) is 2.08. The van der Waals surface area contributed by atoms with E-state index in [2.05, 4.69) is 29.5 Å². The minimum absolute atomic E-state index is 0.0903. The van der Waals surface area contributed by atoms with Crippen molar-refractivity contribution in [3.63, 3.8) is 0 Å². The molecule has 3 fully saturated rings. The molecule has 0 atom stereocenters. The van der Waals surface area contributed by atoms with E-state index in [9.17, 15) is 0 Å². The van der Waals surface area contributed by atoms with Crippen LogP contribution < -0.4 is 0 Å². The van der Waals surface area contributed by atoms with E-state index in [-0.39, 0.29) is 5.41 Å². The number of hydrogen-bond donors (Lipinski definition) is 0. The van der Waals surface area contributed by atoms with Crippen LogP contribution >= 0.6 is 22.6 Å². The first kappa shape index (κ1) is 9.18. The third kappa shape index (κ3) is 1.49. The molecule has 0 aromatic rings. The van der Waals surface area contributed by atoms with Crippen molar-refractivity contribution in [2.24, 2.45) is 5.41 Å². The van der Waals surface area contributed by atoms with E-state index in [1.807, 2.05) is 0 Å². The van der Waals surface area contributed by atoms with Gasteiger partial charge < -0.3 is 14.2 Å². The topological polar surface area (TPSA) is 27.7 Å². The van der Waals surface area contributed by atoms with Crippen LogP contribution in [0.4, 0.5) is 0 Å². The molecule has 3 aliphatic heterocycles. The lowest BCUT2D eigenvalue weighted by molar-refractivity contribution is -0.465. The van der Waals surface area contributed by atoms with Crippen molar-refractivity contribution < 1.29 is 14.2 Å². The molecule has 0 N–H and O–H groups in total. The largest absolute Gasteiger partial charge is 0.327 e. The van der Waals surface area contributed by atoms with Crippen LogP contribution in [0.1, 0.15) is 13.3 Å². The number of halogens is 1. The first-order valence-corrected chi connectivity index (χ1v) is 5.69. The number of hydrogen-bond acceptors (Lipinski definition) is 3. The van der Waals surface area contributed by atoms with Crippen molar-refractivity contribution in [1.82, 2.24) is 0 Å². The molecule has 0 amide bonds. The molecule has 0 aromatic carbocycles. The van der Waals surface area contributed by atoms with E-state index in [1.165, 1.54) is 0 Å². The van der Waals surface area contributed by atoms with Gasteiger partial charge in [-0.15, -0.1) is 0 Å². The highest BCUT2D eigenvalue weighted by molar-refractivity contribution is 14.1. The molecule has 12 heavy (non-hydrogen) atoms. The highest BCUT2D eigenvalue weighted by atomic mass is 127. The fraction of sp³-hybridized carbons (Fsp3) is 1.00. The highest BCUT2D eigenvalue weighted by Crippen LogP contribution is 2.39. The molecule has 2 bridgehead atoms. The number of alkyl halides is 1. The molecule has 0 saturated carbocycles. The second kappa shape index (κ2) is 3.08. The minimum atomic E-state index is -0.695. The molecule has 3 nitrogen and oxygen atoms in total. The van der Waals surface area contributed by atoms with Gasteiger partial charge in [-0.05, 0) is 0 Å². The van der Waals surface area contributed by atoms with Gasteiger partial charge in [0.25, 0.3) is 5.97 Å². The van der Waals surface area contributed by atoms with Crippen LogP contribution in [0.5, 0.6) is 0 Å². The summed E-state index contributed by atoms with van der Waals surface area (Å²) in [6.07, 6.45) is 0.823. The Morgan fingerprint density at radius 2 is 1.67 bits per heavy atom. The maximum Gasteiger partial charge on any atom is 0.283 e. The van der Waals surface area contributed by atoms with Gasteiger partial charge >= 0.3 is 0 Å². The summed E-state index contributed by atoms with van der Waals surface area (Å²) in [5, 5.41) is 0. The van der Waals surface area contributed by atoms with Gasteiger partial charge in [0.15, 0.2) is 0 Å². The Hall–Kier alpha value is 0.610. The summed E-state index contributed by atoms with van der Waals surface area (Å²) in [5.74, 6) is -0.695. The van der Waals surface area contributed by atoms with Gasteiger partial charge in [0.2, 0.25) is 0 Å². The average molecular weight is 284 g/mol. The Morgan fingerprint density at radius 3 is 2.08 bits per heavy atom. The molecule has 70 valence electrons. The fourth-order valence-corrected chi connectivity index (χ4v) is 2.10. The molecule has 0 unspecified atom stereocenters. The SMILES string of the molecule is CC12COC(CCI)(OC1)OC2. The van der Waals surface area contributed by atoms with Crippen molar-refractivity contribution in [1.29, 1.82) is 0 Å². The number of ether oxygens (including phenoxy) is 3. The molecule has 3 aliphatic rings. The van der Waals surface area contributed by atoms with Crippen LogP contribution in [0.3, 0.4) is 0 Å². The Labute approximate surface area is 85.9 Å². The van der Waals surface area contributed by atoms with E-state index < -0.39 is 5.97 Å². The van der Waals surface area contributed by atoms with Crippen molar-refractivity contribution in [2.75, 3.05) is 24.2 Å². The van der Waals surface area contributed by atoms with Crippen LogP contribution in [-0.4, -0.2) is 30.2 Å². The van der Waals surface area contributed by atoms with E-state index in [0.717, 1.165) is 30.7 Å². The smallest absolute Gasteiger partial charge is 0.283 e. The van der Waals surface area contributed by atoms with Gasteiger partial charge in [0.1, 0.15) is 0 Å². The summed E-state index contributed by atoms with van der Waals surface area (Å²) in [7, 11) is 0. The third-order valence-corrected chi connectivity index (χ3v) is 2.86. The van der Waals surface area contributed by atoms with Gasteiger partial charge in [0.05, 0.1) is 19.8 Å². The first-order chi connectivity index (χ1) is 5.68. The Morgan fingerprint density at radius 1 is 1.17 bits per heavy atom. The van der Waals surface area contributed by atoms with Gasteiger partial charge in [-0.2, -0.15) is 0 Å². The molecule has 3 saturated heterocycles. The van der Waals surface area contributed by atoms with Crippen LogP contribution in [0.2, 0.25) is 0 Å². The van der Waals surface area contributed by atoms with Gasteiger partial charge in [0, 0.05) is 16.3 Å². The normalized spacial score (nSPS) is 46.5. The van der Waals surface area contributed by atoms with Gasteiger partial charge in [-0.3, -0.25) is 0 Å². The van der Waals surface area contributed by atoms with Crippen LogP contribution in [-0.2, 0) is 14.2 Å². The lowest BCUT2D eigenvalue weighted by atomic mass is 9.92. The molecule has 3 heterocycles. The predicted molar refractivity (Wildman–Crippen MR) is 52.2 cm³/mol. The zero-order valence-corrected chi connectivity index (χ0v) is 9.30. The fourth-order valence-electron chi connectivity index (χ4n) is 1.43. The minimum Gasteiger partial charge on any atom is -0.327 e. The number of rotatable bonds is 2. The second-order valence-corrected chi connectivity index (χ2v) is 4.88. The van der Waals surface area contributed by atoms with Crippen LogP contribution in [0.25, 0.3) is 0 Å². The summed E-state index contributed by atoms with van der Waals surface area (Å²) in [4.78, 5) is 0. The zero-order chi connectivity index (χ0) is 8.66. The zero-order valence-electron chi connectivity index (χ0n) is 7.14. The van der Waals surface area contributed by atoms with E-state index in [1.54, 1.807) is 0 Å². The molecule has 3 rings (SSSR count). The van der Waals surface area contributed by atoms with Gasteiger partial charge in [-0.1, -0.05) is 29.5 Å². The lowest BCUT2D eigenvalue weighted by Gasteiger charge is -2.50. The lowest BCUT2D eigenvalue weighted by Crippen LogP contribution is -2.58. The van der Waals surface area contributed by atoms with Crippen molar-refractivity contribution in [3.05, 3.63) is 0 Å². The second-order valence-electron chi connectivity index (χ2n) is 3.80. The first-order valence-electron chi connectivity index (χ1n) is 4.16. The maximum absolute atomic E-state index is 5.56. The summed E-state index contributed by atoms with van der Waals surface area (Å²) >= 11 is 2.30. The number of fused-ring (bicyclic) bond motifs is 3. The highest BCUT2D eigenvalue weighted by Gasteiger charge is 2.49. The predicted octanol–water partition coefficient (Wildman–Crippen LogP) is 1.55. The monoisotopic (exact) mass is 284 g/mol. The Balaban J connectivity index is 2.04. The maximum atomic E-state index is 5.56. The van der Waals surface area contributed by atoms with Crippen LogP contribution in [0, 0.1) is 5.41 Å². The standard InChI is InChI=1S/C8H13IO3/c1-7-4-10-8(2-3-9,11-5-7)12-6-7/h2-6H2,1H3. The van der Waals surface area contributed by atoms with Crippen LogP contribution in [0.15, 0.2) is 0 Å². The van der Waals surface area contributed by atoms with Gasteiger partial charge in [-0.25, -0.2) is 0 Å². The quantitative estimate of drug-likeness (QED) is 0.569. The van der Waals surface area contributed by atoms with Crippen molar-refractivity contribution in [2.45, 2.75) is 19.3 Å². The molecular formula is C8H13IO3. The molecule has 0 radical (unpaired) electrons. The molecular weight excluding hydrogens is 271 g/mol. The third-order valence-electron chi connectivity index (χ3n) is 2.32. The molecule has 0 aromatic heterocycles. The Kier molecular flexibility index (Phi) is 2.35. The summed E-state index contributed by atoms with van der Waals surface area (Å²) in [6, 6.07) is 0. The Bertz CT molecular complexity index is 159. The molecule has 0 spiro atoms.